The summed E-state index contributed by atoms with van der Waals surface area (Å²) in [7, 11) is 0. The molecule has 0 radical (unpaired) electrons. The van der Waals surface area contributed by atoms with Gasteiger partial charge in [0.2, 0.25) is 0 Å². The average molecular weight is 321 g/mol. The number of aromatic nitrogens is 1. The van der Waals surface area contributed by atoms with Crippen LogP contribution in [0.2, 0.25) is 0 Å². The highest BCUT2D eigenvalue weighted by atomic mass is 79.9. The molecule has 0 bridgehead atoms. The van der Waals surface area contributed by atoms with E-state index < -0.39 is 5.97 Å². The number of rotatable bonds is 4. The van der Waals surface area contributed by atoms with Crippen LogP contribution in [0.25, 0.3) is 0 Å². The second kappa shape index (κ2) is 5.84. The molecule has 1 aromatic carbocycles. The summed E-state index contributed by atoms with van der Waals surface area (Å²) in [4.78, 5) is 14.6. The zero-order valence-electron chi connectivity index (χ0n) is 10.3. The first-order valence-electron chi connectivity index (χ1n) is 5.77. The summed E-state index contributed by atoms with van der Waals surface area (Å²) in [5, 5.41) is 12.2. The highest BCUT2D eigenvalue weighted by Crippen LogP contribution is 2.22. The quantitative estimate of drug-likeness (QED) is 0.901. The number of anilines is 1. The molecule has 2 rings (SSSR count). The third kappa shape index (κ3) is 3.54. The number of nitrogens with zero attached hydrogens (tertiary/aromatic N) is 1. The van der Waals surface area contributed by atoms with Crippen LogP contribution >= 0.6 is 15.9 Å². The minimum absolute atomic E-state index is 0.0337. The predicted molar refractivity (Wildman–Crippen MR) is 77.4 cm³/mol. The number of hydrogen-bond donors (Lipinski definition) is 2. The summed E-state index contributed by atoms with van der Waals surface area (Å²) in [5.74, 6) is -1.03. The van der Waals surface area contributed by atoms with Crippen molar-refractivity contribution in [3.05, 3.63) is 58.3 Å². The minimum Gasteiger partial charge on any atom is -0.477 e. The highest BCUT2D eigenvalue weighted by Gasteiger charge is 2.08. The van der Waals surface area contributed by atoms with Gasteiger partial charge in [0, 0.05) is 22.4 Å². The van der Waals surface area contributed by atoms with Gasteiger partial charge in [-0.1, -0.05) is 28.1 Å². The van der Waals surface area contributed by atoms with Crippen molar-refractivity contribution in [2.24, 2.45) is 0 Å². The second-order valence-corrected chi connectivity index (χ2v) is 5.07. The lowest BCUT2D eigenvalue weighted by Gasteiger charge is -2.16. The Hall–Kier alpha value is -1.88. The van der Waals surface area contributed by atoms with E-state index in [-0.39, 0.29) is 11.7 Å². The molecule has 1 heterocycles. The SMILES string of the molecule is CC(Nc1ccnc(C(=O)O)c1)c1cccc(Br)c1. The maximum Gasteiger partial charge on any atom is 0.354 e. The summed E-state index contributed by atoms with van der Waals surface area (Å²) >= 11 is 3.43. The Bertz CT molecular complexity index is 602. The lowest BCUT2D eigenvalue weighted by atomic mass is 10.1. The van der Waals surface area contributed by atoms with Gasteiger partial charge < -0.3 is 10.4 Å². The first-order valence-corrected chi connectivity index (χ1v) is 6.57. The van der Waals surface area contributed by atoms with E-state index in [0.717, 1.165) is 15.7 Å². The number of aromatic carboxylic acids is 1. The summed E-state index contributed by atoms with van der Waals surface area (Å²) < 4.78 is 1.01. The van der Waals surface area contributed by atoms with Gasteiger partial charge in [0.1, 0.15) is 5.69 Å². The molecule has 2 aromatic rings. The van der Waals surface area contributed by atoms with E-state index in [4.69, 9.17) is 5.11 Å². The fourth-order valence-corrected chi connectivity index (χ4v) is 2.16. The molecule has 5 heteroatoms. The zero-order valence-corrected chi connectivity index (χ0v) is 11.9. The second-order valence-electron chi connectivity index (χ2n) is 4.16. The fourth-order valence-electron chi connectivity index (χ4n) is 1.75. The Morgan fingerprint density at radius 3 is 2.84 bits per heavy atom. The lowest BCUT2D eigenvalue weighted by molar-refractivity contribution is 0.0690. The number of carboxylic acid groups (broad SMARTS) is 1. The molecule has 1 atom stereocenters. The molecule has 2 N–H and O–H groups in total. The van der Waals surface area contributed by atoms with Gasteiger partial charge in [0.15, 0.2) is 0 Å². The van der Waals surface area contributed by atoms with Crippen LogP contribution in [0.1, 0.15) is 29.0 Å². The zero-order chi connectivity index (χ0) is 13.8. The maximum absolute atomic E-state index is 10.9. The van der Waals surface area contributed by atoms with Crippen molar-refractivity contribution < 1.29 is 9.90 Å². The van der Waals surface area contributed by atoms with Crippen LogP contribution in [-0.4, -0.2) is 16.1 Å². The number of nitrogens with one attached hydrogen (secondary N) is 1. The van der Waals surface area contributed by atoms with E-state index in [1.807, 2.05) is 31.2 Å². The number of pyridine rings is 1. The number of benzene rings is 1. The smallest absolute Gasteiger partial charge is 0.354 e. The Balaban J connectivity index is 2.17. The predicted octanol–water partition coefficient (Wildman–Crippen LogP) is 3.72. The van der Waals surface area contributed by atoms with E-state index in [0.29, 0.717) is 0 Å². The van der Waals surface area contributed by atoms with Crippen LogP contribution in [0.4, 0.5) is 5.69 Å². The largest absolute Gasteiger partial charge is 0.477 e. The molecule has 0 spiro atoms. The van der Waals surface area contributed by atoms with Crippen LogP contribution < -0.4 is 5.32 Å². The molecule has 0 saturated carbocycles. The van der Waals surface area contributed by atoms with Crippen LogP contribution in [0.15, 0.2) is 47.1 Å². The molecule has 4 nitrogen and oxygen atoms in total. The molecule has 0 aliphatic carbocycles. The number of hydrogen-bond acceptors (Lipinski definition) is 3. The van der Waals surface area contributed by atoms with Crippen molar-refractivity contribution in [2.45, 2.75) is 13.0 Å². The molecule has 0 aliphatic rings. The standard InChI is InChI=1S/C14H13BrN2O2/c1-9(10-3-2-4-11(15)7-10)17-12-5-6-16-13(8-12)14(18)19/h2-9H,1H3,(H,16,17)(H,18,19). The number of halogens is 1. The minimum atomic E-state index is -1.03. The fraction of sp³-hybridized carbons (Fsp3) is 0.143. The average Bonchev–Trinajstić information content (AvgIpc) is 2.39. The third-order valence-electron chi connectivity index (χ3n) is 2.71. The Labute approximate surface area is 119 Å². The third-order valence-corrected chi connectivity index (χ3v) is 3.20. The molecule has 19 heavy (non-hydrogen) atoms. The van der Waals surface area contributed by atoms with Crippen molar-refractivity contribution in [1.82, 2.24) is 4.98 Å². The maximum atomic E-state index is 10.9. The molecule has 0 fully saturated rings. The van der Waals surface area contributed by atoms with Crippen LogP contribution in [0, 0.1) is 0 Å². The summed E-state index contributed by atoms with van der Waals surface area (Å²) in [5.41, 5.74) is 1.88. The number of carbonyl (C=O) groups is 1. The van der Waals surface area contributed by atoms with Crippen molar-refractivity contribution in [2.75, 3.05) is 5.32 Å². The monoisotopic (exact) mass is 320 g/mol. The van der Waals surface area contributed by atoms with Gasteiger partial charge in [-0.15, -0.1) is 0 Å². The Kier molecular flexibility index (Phi) is 4.16. The summed E-state index contributed by atoms with van der Waals surface area (Å²) in [6.45, 7) is 2.02. The topological polar surface area (TPSA) is 62.2 Å². The van der Waals surface area contributed by atoms with E-state index in [1.165, 1.54) is 12.3 Å². The van der Waals surface area contributed by atoms with Gasteiger partial charge in [-0.05, 0) is 36.8 Å². The molecular formula is C14H13BrN2O2. The lowest BCUT2D eigenvalue weighted by Crippen LogP contribution is -2.08. The Morgan fingerprint density at radius 2 is 2.16 bits per heavy atom. The van der Waals surface area contributed by atoms with Gasteiger partial charge in [-0.3, -0.25) is 0 Å². The van der Waals surface area contributed by atoms with E-state index >= 15 is 0 Å². The molecule has 0 amide bonds. The van der Waals surface area contributed by atoms with Crippen molar-refractivity contribution in [1.29, 1.82) is 0 Å². The van der Waals surface area contributed by atoms with E-state index in [1.54, 1.807) is 6.07 Å². The first-order chi connectivity index (χ1) is 9.06. The van der Waals surface area contributed by atoms with Gasteiger partial charge in [-0.2, -0.15) is 0 Å². The van der Waals surface area contributed by atoms with E-state index in [9.17, 15) is 4.79 Å². The van der Waals surface area contributed by atoms with Gasteiger partial charge >= 0.3 is 5.97 Å². The number of carboxylic acids is 1. The molecule has 98 valence electrons. The van der Waals surface area contributed by atoms with E-state index in [2.05, 4.69) is 26.2 Å². The summed E-state index contributed by atoms with van der Waals surface area (Å²) in [6.07, 6.45) is 1.49. The van der Waals surface area contributed by atoms with Gasteiger partial charge in [0.05, 0.1) is 0 Å². The van der Waals surface area contributed by atoms with Crippen LogP contribution in [-0.2, 0) is 0 Å². The molecule has 1 aromatic heterocycles. The molecule has 1 unspecified atom stereocenters. The van der Waals surface area contributed by atoms with Crippen molar-refractivity contribution in [3.63, 3.8) is 0 Å². The van der Waals surface area contributed by atoms with Gasteiger partial charge in [0.25, 0.3) is 0 Å². The van der Waals surface area contributed by atoms with Gasteiger partial charge in [-0.25, -0.2) is 9.78 Å². The van der Waals surface area contributed by atoms with Crippen LogP contribution in [0.3, 0.4) is 0 Å². The summed E-state index contributed by atoms with van der Waals surface area (Å²) in [6, 6.07) is 11.3. The van der Waals surface area contributed by atoms with Crippen LogP contribution in [0.5, 0.6) is 0 Å². The Morgan fingerprint density at radius 1 is 1.37 bits per heavy atom. The molecule has 0 saturated heterocycles. The normalized spacial score (nSPS) is 11.9. The molecule has 0 aliphatic heterocycles. The van der Waals surface area contributed by atoms with Crippen molar-refractivity contribution in [3.8, 4) is 0 Å². The first kappa shape index (κ1) is 13.5. The highest BCUT2D eigenvalue weighted by molar-refractivity contribution is 9.10. The molecular weight excluding hydrogens is 308 g/mol. The van der Waals surface area contributed by atoms with Crippen molar-refractivity contribution >= 4 is 27.6 Å².